The van der Waals surface area contributed by atoms with Crippen molar-refractivity contribution in [3.63, 3.8) is 0 Å². The van der Waals surface area contributed by atoms with Crippen molar-refractivity contribution in [1.29, 1.82) is 0 Å². The summed E-state index contributed by atoms with van der Waals surface area (Å²) in [5.74, 6) is -1.59. The number of hydrogen-bond donors (Lipinski definition) is 4. The largest absolute Gasteiger partial charge is 0.481 e. The molecule has 0 spiro atoms. The Morgan fingerprint density at radius 3 is 2.08 bits per heavy atom. The van der Waals surface area contributed by atoms with Crippen molar-refractivity contribution in [1.82, 2.24) is 16.2 Å². The van der Waals surface area contributed by atoms with Crippen molar-refractivity contribution < 1.29 is 23.5 Å². The van der Waals surface area contributed by atoms with E-state index in [-0.39, 0.29) is 5.92 Å². The second-order valence-corrected chi connectivity index (χ2v) is 5.42. The lowest BCUT2D eigenvalue weighted by Gasteiger charge is -2.21. The Morgan fingerprint density at radius 1 is 1.04 bits per heavy atom. The van der Waals surface area contributed by atoms with Gasteiger partial charge in [0.05, 0.1) is 0 Å². The number of hydrazine groups is 1. The Labute approximate surface area is 138 Å². The molecule has 1 aromatic rings. The van der Waals surface area contributed by atoms with Gasteiger partial charge in [0, 0.05) is 0 Å². The minimum atomic E-state index is -0.933. The van der Waals surface area contributed by atoms with Crippen LogP contribution in [0.4, 0.5) is 9.18 Å². The van der Waals surface area contributed by atoms with Crippen molar-refractivity contribution >= 4 is 17.8 Å². The number of urea groups is 1. The van der Waals surface area contributed by atoms with Crippen LogP contribution >= 0.6 is 0 Å². The monoisotopic (exact) mass is 340 g/mol. The van der Waals surface area contributed by atoms with Crippen LogP contribution in [0.5, 0.6) is 5.75 Å². The van der Waals surface area contributed by atoms with Gasteiger partial charge in [-0.15, -0.1) is 0 Å². The first-order valence-corrected chi connectivity index (χ1v) is 7.28. The number of nitrogens with one attached hydrogen (secondary N) is 3. The maximum atomic E-state index is 12.8. The van der Waals surface area contributed by atoms with Gasteiger partial charge in [-0.2, -0.15) is 0 Å². The Balaban J connectivity index is 2.52. The first-order valence-electron chi connectivity index (χ1n) is 7.28. The quantitative estimate of drug-likeness (QED) is 0.561. The highest BCUT2D eigenvalue weighted by Crippen LogP contribution is 2.12. The topological polar surface area (TPSA) is 123 Å². The maximum absolute atomic E-state index is 12.8. The second-order valence-electron chi connectivity index (χ2n) is 5.42. The standard InChI is InChI=1S/C15H21FN4O4/c1-8(2)12(18-15(17)23)14(22)20-19-13(21)9(3)24-11-6-4-10(16)5-7-11/h4-9,12H,1-3H3,(H,19,21)(H,20,22)(H3,17,18,23)/t9-,12+/m0/s1. The minimum Gasteiger partial charge on any atom is -0.481 e. The van der Waals surface area contributed by atoms with Crippen LogP contribution in [0.2, 0.25) is 0 Å². The number of carbonyl (C=O) groups is 3. The second kappa shape index (κ2) is 8.70. The van der Waals surface area contributed by atoms with Crippen molar-refractivity contribution in [2.75, 3.05) is 0 Å². The highest BCUT2D eigenvalue weighted by Gasteiger charge is 2.24. The summed E-state index contributed by atoms with van der Waals surface area (Å²) < 4.78 is 18.1. The van der Waals surface area contributed by atoms with E-state index in [1.165, 1.54) is 31.2 Å². The summed E-state index contributed by atoms with van der Waals surface area (Å²) in [6.45, 7) is 4.89. The SMILES string of the molecule is CC(C)[C@@H](NC(N)=O)C(=O)NNC(=O)[C@H](C)Oc1ccc(F)cc1. The zero-order valence-corrected chi connectivity index (χ0v) is 13.6. The van der Waals surface area contributed by atoms with E-state index in [2.05, 4.69) is 16.2 Å². The fraction of sp³-hybridized carbons (Fsp3) is 0.400. The Morgan fingerprint density at radius 2 is 1.58 bits per heavy atom. The average molecular weight is 340 g/mol. The molecule has 0 aliphatic heterocycles. The first kappa shape index (κ1) is 19.2. The van der Waals surface area contributed by atoms with Crippen molar-refractivity contribution in [3.05, 3.63) is 30.1 Å². The molecule has 9 heteroatoms. The molecular weight excluding hydrogens is 319 g/mol. The van der Waals surface area contributed by atoms with Crippen LogP contribution in [-0.4, -0.2) is 30.0 Å². The number of amides is 4. The molecule has 0 fully saturated rings. The lowest BCUT2D eigenvalue weighted by Crippen LogP contribution is -2.56. The van der Waals surface area contributed by atoms with Crippen LogP contribution in [0.15, 0.2) is 24.3 Å². The average Bonchev–Trinajstić information content (AvgIpc) is 2.51. The van der Waals surface area contributed by atoms with Crippen LogP contribution in [0.25, 0.3) is 0 Å². The molecule has 5 N–H and O–H groups in total. The van der Waals surface area contributed by atoms with Gasteiger partial charge < -0.3 is 15.8 Å². The van der Waals surface area contributed by atoms with Gasteiger partial charge in [0.1, 0.15) is 17.6 Å². The van der Waals surface area contributed by atoms with E-state index in [1.807, 2.05) is 0 Å². The number of primary amides is 1. The van der Waals surface area contributed by atoms with Crippen LogP contribution < -0.4 is 26.6 Å². The summed E-state index contributed by atoms with van der Waals surface area (Å²) in [6.07, 6.45) is -0.933. The third-order valence-corrected chi connectivity index (χ3v) is 3.05. The van der Waals surface area contributed by atoms with E-state index in [0.29, 0.717) is 5.75 Å². The van der Waals surface area contributed by atoms with Gasteiger partial charge in [-0.3, -0.25) is 20.4 Å². The summed E-state index contributed by atoms with van der Waals surface area (Å²) in [7, 11) is 0. The maximum Gasteiger partial charge on any atom is 0.312 e. The van der Waals surface area contributed by atoms with Gasteiger partial charge in [-0.05, 0) is 37.1 Å². The summed E-state index contributed by atoms with van der Waals surface area (Å²) in [5, 5.41) is 2.29. The molecule has 0 aliphatic rings. The lowest BCUT2D eigenvalue weighted by atomic mass is 10.0. The molecule has 8 nitrogen and oxygen atoms in total. The number of ether oxygens (including phenoxy) is 1. The number of nitrogens with two attached hydrogens (primary N) is 1. The van der Waals surface area contributed by atoms with E-state index in [9.17, 15) is 18.8 Å². The normalized spacial score (nSPS) is 12.9. The molecular formula is C15H21FN4O4. The third-order valence-electron chi connectivity index (χ3n) is 3.05. The highest BCUT2D eigenvalue weighted by molar-refractivity contribution is 5.89. The van der Waals surface area contributed by atoms with Gasteiger partial charge >= 0.3 is 6.03 Å². The molecule has 0 bridgehead atoms. The Kier molecular flexibility index (Phi) is 6.97. The highest BCUT2D eigenvalue weighted by atomic mass is 19.1. The number of carbonyl (C=O) groups excluding carboxylic acids is 3. The molecule has 0 aromatic heterocycles. The summed E-state index contributed by atoms with van der Waals surface area (Å²) in [5.41, 5.74) is 9.39. The van der Waals surface area contributed by atoms with E-state index >= 15 is 0 Å². The molecule has 0 unspecified atom stereocenters. The molecule has 24 heavy (non-hydrogen) atoms. The van der Waals surface area contributed by atoms with Crippen LogP contribution in [0.1, 0.15) is 20.8 Å². The molecule has 0 radical (unpaired) electrons. The molecule has 0 heterocycles. The zero-order chi connectivity index (χ0) is 18.3. The number of benzene rings is 1. The van der Waals surface area contributed by atoms with Crippen LogP contribution in [0, 0.1) is 11.7 Å². The predicted octanol–water partition coefficient (Wildman–Crippen LogP) is 0.433. The van der Waals surface area contributed by atoms with E-state index in [4.69, 9.17) is 10.5 Å². The summed E-state index contributed by atoms with van der Waals surface area (Å²) >= 11 is 0. The molecule has 4 amide bonds. The van der Waals surface area contributed by atoms with Crippen molar-refractivity contribution in [2.45, 2.75) is 32.9 Å². The smallest absolute Gasteiger partial charge is 0.312 e. The van der Waals surface area contributed by atoms with E-state index in [0.717, 1.165) is 0 Å². The molecule has 2 atom stereocenters. The van der Waals surface area contributed by atoms with Gasteiger partial charge in [-0.1, -0.05) is 13.8 Å². The Hall–Kier alpha value is -2.84. The van der Waals surface area contributed by atoms with Crippen molar-refractivity contribution in [2.24, 2.45) is 11.7 Å². The fourth-order valence-corrected chi connectivity index (χ4v) is 1.76. The molecule has 132 valence electrons. The number of halogens is 1. The van der Waals surface area contributed by atoms with E-state index in [1.54, 1.807) is 13.8 Å². The fourth-order valence-electron chi connectivity index (χ4n) is 1.76. The molecule has 0 saturated carbocycles. The van der Waals surface area contributed by atoms with E-state index < -0.39 is 35.8 Å². The zero-order valence-electron chi connectivity index (χ0n) is 13.6. The van der Waals surface area contributed by atoms with Gasteiger partial charge in [-0.25, -0.2) is 9.18 Å². The number of hydrogen-bond acceptors (Lipinski definition) is 4. The first-order chi connectivity index (χ1) is 11.2. The molecule has 1 aromatic carbocycles. The van der Waals surface area contributed by atoms with Gasteiger partial charge in [0.25, 0.3) is 11.8 Å². The summed E-state index contributed by atoms with van der Waals surface area (Å²) in [4.78, 5) is 34.8. The van der Waals surface area contributed by atoms with Crippen LogP contribution in [-0.2, 0) is 9.59 Å². The van der Waals surface area contributed by atoms with Crippen molar-refractivity contribution in [3.8, 4) is 5.75 Å². The summed E-state index contributed by atoms with van der Waals surface area (Å²) in [6, 6.07) is 3.42. The third kappa shape index (κ3) is 6.11. The minimum absolute atomic E-state index is 0.234. The number of rotatable bonds is 6. The predicted molar refractivity (Wildman–Crippen MR) is 84.1 cm³/mol. The van der Waals surface area contributed by atoms with Gasteiger partial charge in [0.2, 0.25) is 0 Å². The van der Waals surface area contributed by atoms with Gasteiger partial charge in [0.15, 0.2) is 6.10 Å². The Bertz CT molecular complexity index is 592. The lowest BCUT2D eigenvalue weighted by molar-refractivity contribution is -0.133. The molecule has 0 aliphatic carbocycles. The molecule has 1 rings (SSSR count). The van der Waals surface area contributed by atoms with Crippen LogP contribution in [0.3, 0.4) is 0 Å². The molecule has 0 saturated heterocycles.